The van der Waals surface area contributed by atoms with Crippen LogP contribution < -0.4 is 11.2 Å². The van der Waals surface area contributed by atoms with E-state index in [9.17, 15) is 19.2 Å². The first kappa shape index (κ1) is 14.5. The van der Waals surface area contributed by atoms with Crippen molar-refractivity contribution >= 4 is 27.8 Å². The van der Waals surface area contributed by atoms with Crippen molar-refractivity contribution < 1.29 is 14.7 Å². The lowest BCUT2D eigenvalue weighted by Gasteiger charge is -2.16. The smallest absolute Gasteiger partial charge is 0.328 e. The monoisotopic (exact) mass is 345 g/mol. The molecule has 1 amide bonds. The molecule has 8 nitrogen and oxygen atoms in total. The molecule has 2 rings (SSSR count). The molecule has 0 unspecified atom stereocenters. The molecule has 1 saturated heterocycles. The summed E-state index contributed by atoms with van der Waals surface area (Å²) < 4.78 is 1.22. The van der Waals surface area contributed by atoms with E-state index in [4.69, 9.17) is 5.11 Å². The van der Waals surface area contributed by atoms with Gasteiger partial charge in [-0.25, -0.2) is 4.79 Å². The topological polar surface area (TPSA) is 112 Å². The number of carbonyl (C=O) groups excluding carboxylic acids is 1. The normalized spacial score (nSPS) is 18.2. The third kappa shape index (κ3) is 2.98. The first-order valence-corrected chi connectivity index (χ1v) is 6.67. The molecule has 0 aromatic carbocycles. The molecule has 0 aliphatic carbocycles. The van der Waals surface area contributed by atoms with E-state index in [1.54, 1.807) is 0 Å². The van der Waals surface area contributed by atoms with Crippen LogP contribution in [0.4, 0.5) is 0 Å². The number of carboxylic acids is 1. The Morgan fingerprint density at radius 3 is 2.75 bits per heavy atom. The molecule has 9 heteroatoms. The van der Waals surface area contributed by atoms with Crippen LogP contribution in [0.2, 0.25) is 0 Å². The lowest BCUT2D eigenvalue weighted by atomic mass is 10.1. The number of halogens is 1. The quantitative estimate of drug-likeness (QED) is 0.747. The summed E-state index contributed by atoms with van der Waals surface area (Å²) in [7, 11) is 0. The van der Waals surface area contributed by atoms with Gasteiger partial charge in [0.2, 0.25) is 5.91 Å². The molecular formula is C11H12BrN3O5. The largest absolute Gasteiger partial charge is 0.481 e. The molecule has 0 bridgehead atoms. The Bertz CT molecular complexity index is 665. The number of aliphatic carboxylic acids is 1. The van der Waals surface area contributed by atoms with Gasteiger partial charge in [0.25, 0.3) is 5.56 Å². The molecule has 1 aromatic heterocycles. The number of H-pyrrole nitrogens is 1. The fourth-order valence-corrected chi connectivity index (χ4v) is 2.38. The number of aromatic amines is 1. The Hall–Kier alpha value is -1.90. The molecule has 1 aliphatic heterocycles. The van der Waals surface area contributed by atoms with E-state index < -0.39 is 23.1 Å². The molecule has 20 heavy (non-hydrogen) atoms. The average molecular weight is 346 g/mol. The second kappa shape index (κ2) is 5.61. The molecule has 2 N–H and O–H groups in total. The predicted molar refractivity (Wildman–Crippen MR) is 71.3 cm³/mol. The highest BCUT2D eigenvalue weighted by atomic mass is 79.9. The van der Waals surface area contributed by atoms with Gasteiger partial charge in [-0.3, -0.25) is 23.9 Å². The molecule has 0 radical (unpaired) electrons. The van der Waals surface area contributed by atoms with E-state index in [0.29, 0.717) is 13.0 Å². The van der Waals surface area contributed by atoms with Gasteiger partial charge in [0.1, 0.15) is 6.54 Å². The molecule has 1 atom stereocenters. The molecular weight excluding hydrogens is 334 g/mol. The van der Waals surface area contributed by atoms with E-state index in [0.717, 1.165) is 4.57 Å². The number of carboxylic acid groups (broad SMARTS) is 1. The molecule has 0 spiro atoms. The van der Waals surface area contributed by atoms with Gasteiger partial charge in [-0.05, 0) is 22.4 Å². The van der Waals surface area contributed by atoms with E-state index in [2.05, 4.69) is 20.9 Å². The predicted octanol–water partition coefficient (Wildman–Crippen LogP) is -0.768. The zero-order valence-electron chi connectivity index (χ0n) is 10.3. The molecule has 1 aromatic rings. The van der Waals surface area contributed by atoms with Gasteiger partial charge in [-0.1, -0.05) is 0 Å². The minimum atomic E-state index is -0.927. The number of hydrogen-bond acceptors (Lipinski definition) is 4. The van der Waals surface area contributed by atoms with Crippen LogP contribution in [0.5, 0.6) is 0 Å². The van der Waals surface area contributed by atoms with Crippen molar-refractivity contribution in [2.75, 3.05) is 13.1 Å². The van der Waals surface area contributed by atoms with Crippen molar-refractivity contribution in [3.05, 3.63) is 31.5 Å². The highest BCUT2D eigenvalue weighted by molar-refractivity contribution is 9.10. The van der Waals surface area contributed by atoms with Gasteiger partial charge in [-0.15, -0.1) is 0 Å². The summed E-state index contributed by atoms with van der Waals surface area (Å²) in [5.74, 6) is -1.84. The van der Waals surface area contributed by atoms with Crippen LogP contribution in [0, 0.1) is 5.92 Å². The highest BCUT2D eigenvalue weighted by Gasteiger charge is 2.30. The number of rotatable bonds is 3. The summed E-state index contributed by atoms with van der Waals surface area (Å²) in [6, 6.07) is 0. The Balaban J connectivity index is 2.10. The Morgan fingerprint density at radius 1 is 1.45 bits per heavy atom. The van der Waals surface area contributed by atoms with E-state index in [1.807, 2.05) is 0 Å². The van der Waals surface area contributed by atoms with Gasteiger partial charge >= 0.3 is 11.7 Å². The first-order valence-electron chi connectivity index (χ1n) is 5.88. The molecule has 108 valence electrons. The number of hydrogen-bond donors (Lipinski definition) is 2. The van der Waals surface area contributed by atoms with Gasteiger partial charge in [0.15, 0.2) is 0 Å². The summed E-state index contributed by atoms with van der Waals surface area (Å²) in [5.41, 5.74) is -1.24. The number of amides is 1. The van der Waals surface area contributed by atoms with Gasteiger partial charge in [-0.2, -0.15) is 0 Å². The number of nitrogens with zero attached hydrogens (tertiary/aromatic N) is 2. The minimum absolute atomic E-state index is 0.146. The SMILES string of the molecule is O=C(O)[C@H]1CCN(C(=O)Cn2cc(Br)c(=O)[nH]c2=O)C1. The van der Waals surface area contributed by atoms with Crippen LogP contribution in [0.25, 0.3) is 0 Å². The maximum Gasteiger partial charge on any atom is 0.328 e. The van der Waals surface area contributed by atoms with Crippen LogP contribution in [0.15, 0.2) is 20.3 Å². The minimum Gasteiger partial charge on any atom is -0.481 e. The maximum atomic E-state index is 12.0. The second-order valence-corrected chi connectivity index (χ2v) is 5.38. The molecule has 2 heterocycles. The van der Waals surface area contributed by atoms with E-state index in [-0.39, 0.29) is 23.5 Å². The van der Waals surface area contributed by atoms with Crippen LogP contribution in [0.3, 0.4) is 0 Å². The Morgan fingerprint density at radius 2 is 2.15 bits per heavy atom. The van der Waals surface area contributed by atoms with Crippen molar-refractivity contribution in [2.45, 2.75) is 13.0 Å². The van der Waals surface area contributed by atoms with Crippen molar-refractivity contribution in [3.8, 4) is 0 Å². The van der Waals surface area contributed by atoms with Crippen LogP contribution in [-0.2, 0) is 16.1 Å². The standard InChI is InChI=1S/C11H12BrN3O5/c12-7-4-15(11(20)13-9(7)17)5-8(16)14-2-1-6(3-14)10(18)19/h4,6H,1-3,5H2,(H,18,19)(H,13,17,20)/t6-/m0/s1. The fourth-order valence-electron chi connectivity index (χ4n) is 2.03. The zero-order chi connectivity index (χ0) is 14.9. The third-order valence-electron chi connectivity index (χ3n) is 3.16. The fraction of sp³-hybridized carbons (Fsp3) is 0.455. The van der Waals surface area contributed by atoms with Crippen molar-refractivity contribution in [3.63, 3.8) is 0 Å². The van der Waals surface area contributed by atoms with Gasteiger partial charge in [0, 0.05) is 19.3 Å². The van der Waals surface area contributed by atoms with Crippen LogP contribution in [0.1, 0.15) is 6.42 Å². The second-order valence-electron chi connectivity index (χ2n) is 4.53. The number of carbonyl (C=O) groups is 2. The first-order chi connectivity index (χ1) is 9.38. The van der Waals surface area contributed by atoms with Crippen LogP contribution >= 0.6 is 15.9 Å². The lowest BCUT2D eigenvalue weighted by molar-refractivity contribution is -0.141. The lowest BCUT2D eigenvalue weighted by Crippen LogP contribution is -2.38. The summed E-state index contributed by atoms with van der Waals surface area (Å²) in [6.45, 7) is 0.267. The highest BCUT2D eigenvalue weighted by Crippen LogP contribution is 2.16. The van der Waals surface area contributed by atoms with Crippen LogP contribution in [-0.4, -0.2) is 44.5 Å². The van der Waals surface area contributed by atoms with Gasteiger partial charge < -0.3 is 10.0 Å². The summed E-state index contributed by atoms with van der Waals surface area (Å²) in [5, 5.41) is 8.87. The number of aromatic nitrogens is 2. The Kier molecular flexibility index (Phi) is 4.07. The third-order valence-corrected chi connectivity index (χ3v) is 3.73. The summed E-state index contributed by atoms with van der Waals surface area (Å²) in [4.78, 5) is 49.0. The maximum absolute atomic E-state index is 12.0. The van der Waals surface area contributed by atoms with Gasteiger partial charge in [0.05, 0.1) is 10.4 Å². The van der Waals surface area contributed by atoms with Crippen molar-refractivity contribution in [2.24, 2.45) is 5.92 Å². The Labute approximate surface area is 121 Å². The molecule has 0 saturated carbocycles. The number of likely N-dealkylation sites (tertiary alicyclic amines) is 1. The number of nitrogens with one attached hydrogen (secondary N) is 1. The average Bonchev–Trinajstić information content (AvgIpc) is 2.85. The summed E-state index contributed by atoms with van der Waals surface area (Å²) >= 11 is 2.98. The van der Waals surface area contributed by atoms with Crippen molar-refractivity contribution in [1.29, 1.82) is 0 Å². The van der Waals surface area contributed by atoms with E-state index >= 15 is 0 Å². The summed E-state index contributed by atoms with van der Waals surface area (Å²) in [6.07, 6.45) is 1.65. The molecule has 1 aliphatic rings. The van der Waals surface area contributed by atoms with E-state index in [1.165, 1.54) is 11.1 Å². The van der Waals surface area contributed by atoms with Crippen molar-refractivity contribution in [1.82, 2.24) is 14.5 Å². The molecule has 1 fully saturated rings. The zero-order valence-corrected chi connectivity index (χ0v) is 11.9.